The lowest BCUT2D eigenvalue weighted by molar-refractivity contribution is 0.0878. The molecule has 1 saturated heterocycles. The minimum absolute atomic E-state index is 0.0207. The summed E-state index contributed by atoms with van der Waals surface area (Å²) in [5.74, 6) is 1.05. The number of anilines is 1. The highest BCUT2D eigenvalue weighted by atomic mass is 32.2. The van der Waals surface area contributed by atoms with Crippen molar-refractivity contribution in [3.05, 3.63) is 24.3 Å². The number of methoxy groups -OCH3 is 1. The molecule has 0 unspecified atom stereocenters. The molecule has 0 aromatic heterocycles. The van der Waals surface area contributed by atoms with Crippen LogP contribution in [0.2, 0.25) is 0 Å². The van der Waals surface area contributed by atoms with Gasteiger partial charge in [-0.25, -0.2) is 4.79 Å². The number of ether oxygens (including phenoxy) is 1. The average Bonchev–Trinajstić information content (AvgIpc) is 2.50. The minimum Gasteiger partial charge on any atom is -0.383 e. The maximum Gasteiger partial charge on any atom is 0.322 e. The maximum absolute atomic E-state index is 12.4. The monoisotopic (exact) mass is 308 g/mol. The van der Waals surface area contributed by atoms with Gasteiger partial charge in [-0.15, -0.1) is 11.8 Å². The third-order valence-corrected chi connectivity index (χ3v) is 4.56. The summed E-state index contributed by atoms with van der Waals surface area (Å²) in [6.45, 7) is 3.55. The molecule has 4 nitrogen and oxygen atoms in total. The number of piperidine rings is 1. The summed E-state index contributed by atoms with van der Waals surface area (Å²) < 4.78 is 5.23. The summed E-state index contributed by atoms with van der Waals surface area (Å²) in [6, 6.07) is 8.20. The van der Waals surface area contributed by atoms with Gasteiger partial charge in [0.1, 0.15) is 0 Å². The topological polar surface area (TPSA) is 41.6 Å². The van der Waals surface area contributed by atoms with Crippen molar-refractivity contribution < 1.29 is 9.53 Å². The van der Waals surface area contributed by atoms with Crippen molar-refractivity contribution in [3.8, 4) is 0 Å². The number of rotatable bonds is 5. The average molecular weight is 308 g/mol. The van der Waals surface area contributed by atoms with Crippen molar-refractivity contribution in [3.63, 3.8) is 0 Å². The SMILES string of the molecule is CCSc1ccc(NC(=O)N2CCCC[C@H]2COC)cc1. The van der Waals surface area contributed by atoms with Gasteiger partial charge in [-0.3, -0.25) is 0 Å². The lowest BCUT2D eigenvalue weighted by Gasteiger charge is -2.35. The van der Waals surface area contributed by atoms with Crippen LogP contribution in [0.3, 0.4) is 0 Å². The number of likely N-dealkylation sites (tertiary alicyclic amines) is 1. The van der Waals surface area contributed by atoms with Crippen LogP contribution >= 0.6 is 11.8 Å². The summed E-state index contributed by atoms with van der Waals surface area (Å²) in [5.41, 5.74) is 0.849. The van der Waals surface area contributed by atoms with E-state index < -0.39 is 0 Å². The Morgan fingerprint density at radius 2 is 2.14 bits per heavy atom. The normalized spacial score (nSPS) is 18.6. The van der Waals surface area contributed by atoms with Crippen LogP contribution in [0.4, 0.5) is 10.5 Å². The maximum atomic E-state index is 12.4. The van der Waals surface area contributed by atoms with Crippen molar-refractivity contribution in [2.45, 2.75) is 37.1 Å². The van der Waals surface area contributed by atoms with Crippen LogP contribution in [0, 0.1) is 0 Å². The third-order valence-electron chi connectivity index (χ3n) is 3.66. The van der Waals surface area contributed by atoms with E-state index in [2.05, 4.69) is 12.2 Å². The standard InChI is InChI=1S/C16H24N2O2S/c1-3-21-15-9-7-13(8-10-15)17-16(19)18-11-5-4-6-14(18)12-20-2/h7-10,14H,3-6,11-12H2,1-2H3,(H,17,19)/t14-/m0/s1. The van der Waals surface area contributed by atoms with E-state index in [1.54, 1.807) is 18.9 Å². The fourth-order valence-corrected chi connectivity index (χ4v) is 3.29. The highest BCUT2D eigenvalue weighted by Crippen LogP contribution is 2.22. The second-order valence-corrected chi connectivity index (χ2v) is 6.52. The van der Waals surface area contributed by atoms with Gasteiger partial charge in [0.25, 0.3) is 0 Å². The van der Waals surface area contributed by atoms with Crippen molar-refractivity contribution in [1.82, 2.24) is 4.90 Å². The molecule has 5 heteroatoms. The highest BCUT2D eigenvalue weighted by molar-refractivity contribution is 7.99. The van der Waals surface area contributed by atoms with Gasteiger partial charge in [0, 0.05) is 24.2 Å². The van der Waals surface area contributed by atoms with Crippen molar-refractivity contribution in [2.75, 3.05) is 31.3 Å². The number of nitrogens with one attached hydrogen (secondary N) is 1. The van der Waals surface area contributed by atoms with E-state index in [0.29, 0.717) is 6.61 Å². The fraction of sp³-hybridized carbons (Fsp3) is 0.562. The molecule has 0 aliphatic carbocycles. The molecule has 2 rings (SSSR count). The third kappa shape index (κ3) is 4.64. The van der Waals surface area contributed by atoms with Gasteiger partial charge in [-0.2, -0.15) is 0 Å². The lowest BCUT2D eigenvalue weighted by atomic mass is 10.0. The Bertz CT molecular complexity index is 448. The van der Waals surface area contributed by atoms with E-state index in [0.717, 1.165) is 30.8 Å². The Labute approximate surface area is 131 Å². The molecule has 2 amide bonds. The van der Waals surface area contributed by atoms with Gasteiger partial charge in [0.2, 0.25) is 0 Å². The first-order chi connectivity index (χ1) is 10.2. The Balaban J connectivity index is 1.95. The van der Waals surface area contributed by atoms with Gasteiger partial charge in [-0.05, 0) is 49.3 Å². The first kappa shape index (κ1) is 16.2. The molecule has 116 valence electrons. The van der Waals surface area contributed by atoms with Crippen LogP contribution in [0.1, 0.15) is 26.2 Å². The second kappa shape index (κ2) is 8.29. The number of benzene rings is 1. The fourth-order valence-electron chi connectivity index (χ4n) is 2.63. The smallest absolute Gasteiger partial charge is 0.322 e. The van der Waals surface area contributed by atoms with Crippen molar-refractivity contribution in [1.29, 1.82) is 0 Å². The van der Waals surface area contributed by atoms with Crippen LogP contribution in [-0.2, 0) is 4.74 Å². The summed E-state index contributed by atoms with van der Waals surface area (Å²) in [7, 11) is 1.69. The number of carbonyl (C=O) groups is 1. The molecule has 0 radical (unpaired) electrons. The van der Waals surface area contributed by atoms with Crippen LogP contribution in [0.5, 0.6) is 0 Å². The molecule has 1 fully saturated rings. The number of thioether (sulfide) groups is 1. The van der Waals surface area contributed by atoms with Gasteiger partial charge < -0.3 is 15.0 Å². The second-order valence-electron chi connectivity index (χ2n) is 5.19. The number of nitrogens with zero attached hydrogens (tertiary/aromatic N) is 1. The molecule has 0 spiro atoms. The van der Waals surface area contributed by atoms with E-state index in [4.69, 9.17) is 4.74 Å². The highest BCUT2D eigenvalue weighted by Gasteiger charge is 2.26. The number of hydrogen-bond donors (Lipinski definition) is 1. The molecule has 1 heterocycles. The van der Waals surface area contributed by atoms with Gasteiger partial charge in [0.05, 0.1) is 12.6 Å². The number of urea groups is 1. The summed E-state index contributed by atoms with van der Waals surface area (Å²) >= 11 is 1.80. The van der Waals surface area contributed by atoms with Gasteiger partial charge in [0.15, 0.2) is 0 Å². The van der Waals surface area contributed by atoms with Crippen LogP contribution in [-0.4, -0.2) is 43.0 Å². The predicted molar refractivity (Wildman–Crippen MR) is 88.1 cm³/mol. The predicted octanol–water partition coefficient (Wildman–Crippen LogP) is 3.83. The van der Waals surface area contributed by atoms with E-state index in [1.165, 1.54) is 11.3 Å². The Morgan fingerprint density at radius 1 is 1.38 bits per heavy atom. The van der Waals surface area contributed by atoms with E-state index in [9.17, 15) is 4.79 Å². The molecule has 0 bridgehead atoms. The molecule has 1 atom stereocenters. The zero-order valence-electron chi connectivity index (χ0n) is 12.8. The van der Waals surface area contributed by atoms with Crippen LogP contribution < -0.4 is 5.32 Å². The zero-order valence-corrected chi connectivity index (χ0v) is 13.6. The Hall–Kier alpha value is -1.20. The molecule has 1 aliphatic heterocycles. The molecule has 1 N–H and O–H groups in total. The van der Waals surface area contributed by atoms with Crippen LogP contribution in [0.15, 0.2) is 29.2 Å². The largest absolute Gasteiger partial charge is 0.383 e. The van der Waals surface area contributed by atoms with E-state index in [1.807, 2.05) is 29.2 Å². The molecule has 21 heavy (non-hydrogen) atoms. The minimum atomic E-state index is -0.0207. The first-order valence-corrected chi connectivity index (χ1v) is 8.52. The van der Waals surface area contributed by atoms with Gasteiger partial charge in [-0.1, -0.05) is 6.92 Å². The van der Waals surface area contributed by atoms with E-state index >= 15 is 0 Å². The molecular formula is C16H24N2O2S. The zero-order chi connectivity index (χ0) is 15.1. The Kier molecular flexibility index (Phi) is 6.39. The Morgan fingerprint density at radius 3 is 2.81 bits per heavy atom. The molecule has 0 saturated carbocycles. The molecule has 1 aromatic carbocycles. The number of carbonyl (C=O) groups excluding carboxylic acids is 1. The van der Waals surface area contributed by atoms with Crippen molar-refractivity contribution >= 4 is 23.5 Å². The number of hydrogen-bond acceptors (Lipinski definition) is 3. The summed E-state index contributed by atoms with van der Waals surface area (Å²) in [5, 5.41) is 2.99. The first-order valence-electron chi connectivity index (χ1n) is 7.54. The van der Waals surface area contributed by atoms with E-state index in [-0.39, 0.29) is 12.1 Å². The van der Waals surface area contributed by atoms with Gasteiger partial charge >= 0.3 is 6.03 Å². The lowest BCUT2D eigenvalue weighted by Crippen LogP contribution is -2.47. The molecule has 1 aromatic rings. The molecule has 1 aliphatic rings. The summed E-state index contributed by atoms with van der Waals surface area (Å²) in [4.78, 5) is 15.5. The van der Waals surface area contributed by atoms with Crippen molar-refractivity contribution in [2.24, 2.45) is 0 Å². The molecular weight excluding hydrogens is 284 g/mol. The van der Waals surface area contributed by atoms with Crippen LogP contribution in [0.25, 0.3) is 0 Å². The quantitative estimate of drug-likeness (QED) is 0.841. The number of amides is 2. The summed E-state index contributed by atoms with van der Waals surface area (Å²) in [6.07, 6.45) is 3.26.